The second-order valence-corrected chi connectivity index (χ2v) is 1.40. The van der Waals surface area contributed by atoms with Gasteiger partial charge in [-0.3, -0.25) is 4.90 Å². The van der Waals surface area contributed by atoms with Crippen LogP contribution >= 0.6 is 0 Å². The Morgan fingerprint density at radius 2 is 2.22 bits per heavy atom. The first-order chi connectivity index (χ1) is 4.09. The fourth-order valence-electron chi connectivity index (χ4n) is 0.390. The van der Waals surface area contributed by atoms with Crippen molar-refractivity contribution in [1.82, 2.24) is 4.90 Å². The van der Waals surface area contributed by atoms with Gasteiger partial charge in [-0.2, -0.15) is 8.78 Å². The lowest BCUT2D eigenvalue weighted by Gasteiger charge is -2.15. The summed E-state index contributed by atoms with van der Waals surface area (Å²) in [7, 11) is 0. The van der Waals surface area contributed by atoms with E-state index in [9.17, 15) is 13.6 Å². The Balaban J connectivity index is 3.83. The normalized spacial score (nSPS) is 9.78. The van der Waals surface area contributed by atoms with Gasteiger partial charge in [0.05, 0.1) is 0 Å². The molecule has 0 bridgehead atoms. The van der Waals surface area contributed by atoms with Crippen molar-refractivity contribution in [3.8, 4) is 0 Å². The predicted molar refractivity (Wildman–Crippen MR) is 28.0 cm³/mol. The number of halogens is 2. The second-order valence-electron chi connectivity index (χ2n) is 1.40. The lowest BCUT2D eigenvalue weighted by Crippen LogP contribution is -2.39. The van der Waals surface area contributed by atoms with E-state index in [1.165, 1.54) is 6.92 Å². The number of rotatable bonds is 2. The first kappa shape index (κ1) is 8.13. The molecular formula is C4H8F2N2O. The van der Waals surface area contributed by atoms with Crippen molar-refractivity contribution in [3.05, 3.63) is 0 Å². The van der Waals surface area contributed by atoms with Crippen molar-refractivity contribution in [3.63, 3.8) is 0 Å². The quantitative estimate of drug-likeness (QED) is 0.558. The van der Waals surface area contributed by atoms with Gasteiger partial charge < -0.3 is 5.73 Å². The molecule has 5 heteroatoms. The van der Waals surface area contributed by atoms with Crippen molar-refractivity contribution in [1.29, 1.82) is 0 Å². The molecular weight excluding hydrogens is 130 g/mol. The van der Waals surface area contributed by atoms with Gasteiger partial charge in [0.25, 0.3) is 0 Å². The molecule has 0 aliphatic carbocycles. The van der Waals surface area contributed by atoms with Gasteiger partial charge in [-0.1, -0.05) is 0 Å². The summed E-state index contributed by atoms with van der Waals surface area (Å²) < 4.78 is 23.2. The van der Waals surface area contributed by atoms with E-state index < -0.39 is 12.6 Å². The molecule has 0 saturated heterocycles. The Hall–Kier alpha value is -0.870. The molecule has 0 rings (SSSR count). The molecule has 0 radical (unpaired) electrons. The largest absolute Gasteiger partial charge is 0.351 e. The van der Waals surface area contributed by atoms with Gasteiger partial charge in [0.15, 0.2) is 0 Å². The zero-order chi connectivity index (χ0) is 7.44. The van der Waals surface area contributed by atoms with Gasteiger partial charge in [0.1, 0.15) is 0 Å². The molecule has 0 aliphatic heterocycles. The van der Waals surface area contributed by atoms with Crippen LogP contribution in [0.5, 0.6) is 0 Å². The van der Waals surface area contributed by atoms with Gasteiger partial charge in [0.2, 0.25) is 0 Å². The van der Waals surface area contributed by atoms with Gasteiger partial charge in [-0.05, 0) is 6.92 Å². The highest BCUT2D eigenvalue weighted by atomic mass is 19.3. The Morgan fingerprint density at radius 3 is 2.22 bits per heavy atom. The molecule has 0 atom stereocenters. The van der Waals surface area contributed by atoms with E-state index in [4.69, 9.17) is 0 Å². The van der Waals surface area contributed by atoms with Gasteiger partial charge in [0, 0.05) is 6.54 Å². The van der Waals surface area contributed by atoms with Gasteiger partial charge in [-0.15, -0.1) is 0 Å². The number of carbonyl (C=O) groups is 1. The minimum absolute atomic E-state index is 0.0625. The summed E-state index contributed by atoms with van der Waals surface area (Å²) in [6.45, 7) is -1.42. The molecule has 0 aromatic rings. The fourth-order valence-corrected chi connectivity index (χ4v) is 0.390. The molecule has 54 valence electrons. The van der Waals surface area contributed by atoms with E-state index >= 15 is 0 Å². The van der Waals surface area contributed by atoms with E-state index in [2.05, 4.69) is 5.73 Å². The van der Waals surface area contributed by atoms with Crippen LogP contribution in [-0.4, -0.2) is 24.0 Å². The molecule has 0 fully saturated rings. The third-order valence-corrected chi connectivity index (χ3v) is 0.859. The van der Waals surface area contributed by atoms with Crippen LogP contribution in [0.4, 0.5) is 13.6 Å². The molecule has 2 amide bonds. The topological polar surface area (TPSA) is 46.3 Å². The van der Waals surface area contributed by atoms with E-state index in [0.717, 1.165) is 0 Å². The lowest BCUT2D eigenvalue weighted by molar-refractivity contribution is 0.00776. The minimum Gasteiger partial charge on any atom is -0.351 e. The van der Waals surface area contributed by atoms with Crippen LogP contribution in [0.3, 0.4) is 0 Å². The van der Waals surface area contributed by atoms with Gasteiger partial charge in [-0.25, -0.2) is 4.79 Å². The number of nitrogens with zero attached hydrogens (tertiary/aromatic N) is 1. The third kappa shape index (κ3) is 2.25. The zero-order valence-electron chi connectivity index (χ0n) is 4.97. The van der Waals surface area contributed by atoms with Gasteiger partial charge >= 0.3 is 12.6 Å². The van der Waals surface area contributed by atoms with Crippen LogP contribution in [0.2, 0.25) is 0 Å². The highest BCUT2D eigenvalue weighted by Gasteiger charge is 2.16. The lowest BCUT2D eigenvalue weighted by atomic mass is 10.6. The summed E-state index contributed by atoms with van der Waals surface area (Å²) in [6.07, 6.45) is 0. The van der Waals surface area contributed by atoms with Crippen LogP contribution in [-0.2, 0) is 0 Å². The van der Waals surface area contributed by atoms with Crippen LogP contribution in [0.15, 0.2) is 0 Å². The summed E-state index contributed by atoms with van der Waals surface area (Å²) >= 11 is 0. The Labute approximate surface area is 51.4 Å². The molecule has 3 nitrogen and oxygen atoms in total. The fraction of sp³-hybridized carbons (Fsp3) is 0.750. The molecule has 0 aliphatic rings. The molecule has 9 heavy (non-hydrogen) atoms. The SMILES string of the molecule is CCN(C(N)=O)C(F)F. The second kappa shape index (κ2) is 3.21. The Morgan fingerprint density at radius 1 is 1.78 bits per heavy atom. The number of carbonyl (C=O) groups excluding carboxylic acids is 1. The summed E-state index contributed by atoms with van der Waals surface area (Å²) in [5.41, 5.74) is 4.56. The molecule has 0 aromatic carbocycles. The van der Waals surface area contributed by atoms with Crippen LogP contribution in [0, 0.1) is 0 Å². The van der Waals surface area contributed by atoms with Crippen LogP contribution in [0.1, 0.15) is 6.92 Å². The first-order valence-electron chi connectivity index (χ1n) is 2.43. The first-order valence-corrected chi connectivity index (χ1v) is 2.43. The van der Waals surface area contributed by atoms with Crippen molar-refractivity contribution < 1.29 is 13.6 Å². The van der Waals surface area contributed by atoms with E-state index in [-0.39, 0.29) is 11.4 Å². The molecule has 2 N–H and O–H groups in total. The minimum atomic E-state index is -2.78. The number of urea groups is 1. The summed E-state index contributed by atoms with van der Waals surface area (Å²) in [5.74, 6) is 0. The molecule has 0 heterocycles. The molecule has 0 unspecified atom stereocenters. The number of nitrogens with two attached hydrogens (primary N) is 1. The average Bonchev–Trinajstić information content (AvgIpc) is 1.64. The summed E-state index contributed by atoms with van der Waals surface area (Å²) in [4.78, 5) is 10.3. The number of amides is 2. The standard InChI is InChI=1S/C4H8F2N2O/c1-2-8(3(5)6)4(7)9/h3H,2H2,1H3,(H2,7,9). The van der Waals surface area contributed by atoms with Crippen molar-refractivity contribution in [2.75, 3.05) is 6.54 Å². The van der Waals surface area contributed by atoms with Crippen molar-refractivity contribution >= 4 is 6.03 Å². The number of alkyl halides is 2. The maximum atomic E-state index is 11.6. The monoisotopic (exact) mass is 138 g/mol. The van der Waals surface area contributed by atoms with E-state index in [1.54, 1.807) is 0 Å². The van der Waals surface area contributed by atoms with Crippen molar-refractivity contribution in [2.45, 2.75) is 13.5 Å². The third-order valence-electron chi connectivity index (χ3n) is 0.859. The predicted octanol–water partition coefficient (Wildman–Crippen LogP) is 0.610. The summed E-state index contributed by atoms with van der Waals surface area (Å²) in [5, 5.41) is 0. The molecule has 0 aromatic heterocycles. The summed E-state index contributed by atoms with van der Waals surface area (Å²) in [6, 6.07) is -1.09. The maximum Gasteiger partial charge on any atom is 0.319 e. The number of hydrogen-bond acceptors (Lipinski definition) is 1. The number of hydrogen-bond donors (Lipinski definition) is 1. The average molecular weight is 138 g/mol. The maximum absolute atomic E-state index is 11.6. The highest BCUT2D eigenvalue weighted by Crippen LogP contribution is 2.00. The van der Waals surface area contributed by atoms with E-state index in [1.807, 2.05) is 0 Å². The number of primary amides is 1. The highest BCUT2D eigenvalue weighted by molar-refractivity contribution is 5.71. The zero-order valence-corrected chi connectivity index (χ0v) is 4.97. The Kier molecular flexibility index (Phi) is 2.90. The smallest absolute Gasteiger partial charge is 0.319 e. The molecule has 0 spiro atoms. The van der Waals surface area contributed by atoms with Crippen LogP contribution in [0.25, 0.3) is 0 Å². The van der Waals surface area contributed by atoms with Crippen molar-refractivity contribution in [2.24, 2.45) is 5.73 Å². The van der Waals surface area contributed by atoms with E-state index in [0.29, 0.717) is 0 Å². The molecule has 0 saturated carbocycles. The van der Waals surface area contributed by atoms with Crippen LogP contribution < -0.4 is 5.73 Å². The Bertz CT molecular complexity index is 107.